The molecular weight excluding hydrogens is 184 g/mol. The van der Waals surface area contributed by atoms with Gasteiger partial charge in [-0.25, -0.2) is 0 Å². The highest BCUT2D eigenvalue weighted by atomic mass is 15.3. The van der Waals surface area contributed by atoms with Crippen molar-refractivity contribution in [1.29, 1.82) is 0 Å². The van der Waals surface area contributed by atoms with Crippen LogP contribution in [0.15, 0.2) is 0 Å². The van der Waals surface area contributed by atoms with Crippen LogP contribution in [0.3, 0.4) is 0 Å². The third-order valence-electron chi connectivity index (χ3n) is 4.87. The zero-order valence-electron chi connectivity index (χ0n) is 9.57. The largest absolute Gasteiger partial charge is 0.302 e. The van der Waals surface area contributed by atoms with Crippen molar-refractivity contribution in [2.75, 3.05) is 32.7 Å². The highest BCUT2D eigenvalue weighted by Gasteiger charge is 2.44. The van der Waals surface area contributed by atoms with Gasteiger partial charge in [-0.2, -0.15) is 0 Å². The van der Waals surface area contributed by atoms with Crippen LogP contribution in [-0.2, 0) is 0 Å². The number of hydrogen-bond donors (Lipinski definition) is 0. The van der Waals surface area contributed by atoms with Crippen LogP contribution < -0.4 is 0 Å². The molecule has 2 aliphatic carbocycles. The quantitative estimate of drug-likeness (QED) is 0.689. The molecule has 0 aromatic carbocycles. The van der Waals surface area contributed by atoms with Crippen molar-refractivity contribution in [3.63, 3.8) is 0 Å². The normalized spacial score (nSPS) is 42.4. The van der Waals surface area contributed by atoms with E-state index in [2.05, 4.69) is 9.80 Å². The molecule has 0 N–H and O–H groups in total. The molecule has 0 radical (unpaired) electrons. The summed E-state index contributed by atoms with van der Waals surface area (Å²) in [6, 6.07) is 1.01. The highest BCUT2D eigenvalue weighted by molar-refractivity contribution is 4.98. The SMILES string of the molecule is C1CC1CN1CC2CN(C3CC3)CC2C1. The van der Waals surface area contributed by atoms with E-state index < -0.39 is 0 Å². The summed E-state index contributed by atoms with van der Waals surface area (Å²) in [6.45, 7) is 7.12. The molecular formula is C13H22N2. The zero-order chi connectivity index (χ0) is 9.83. The second-order valence-corrected chi connectivity index (χ2v) is 6.37. The molecule has 0 spiro atoms. The van der Waals surface area contributed by atoms with Crippen molar-refractivity contribution in [2.24, 2.45) is 17.8 Å². The summed E-state index contributed by atoms with van der Waals surface area (Å²) in [5.41, 5.74) is 0. The molecule has 4 rings (SSSR count). The molecule has 0 amide bonds. The van der Waals surface area contributed by atoms with Crippen LogP contribution >= 0.6 is 0 Å². The van der Waals surface area contributed by atoms with Gasteiger partial charge in [0.15, 0.2) is 0 Å². The summed E-state index contributed by atoms with van der Waals surface area (Å²) >= 11 is 0. The summed E-state index contributed by atoms with van der Waals surface area (Å²) in [7, 11) is 0. The summed E-state index contributed by atoms with van der Waals surface area (Å²) in [4.78, 5) is 5.54. The Bertz CT molecular complexity index is 243. The molecule has 2 saturated heterocycles. The minimum atomic E-state index is 1.01. The number of nitrogens with zero attached hydrogens (tertiary/aromatic N) is 2. The summed E-state index contributed by atoms with van der Waals surface area (Å²) in [5, 5.41) is 0. The average molecular weight is 206 g/mol. The topological polar surface area (TPSA) is 6.48 Å². The molecule has 2 aliphatic heterocycles. The van der Waals surface area contributed by atoms with Crippen molar-refractivity contribution >= 4 is 0 Å². The van der Waals surface area contributed by atoms with Gasteiger partial charge >= 0.3 is 0 Å². The van der Waals surface area contributed by atoms with Gasteiger partial charge in [0.2, 0.25) is 0 Å². The van der Waals surface area contributed by atoms with Crippen molar-refractivity contribution in [1.82, 2.24) is 9.80 Å². The lowest BCUT2D eigenvalue weighted by molar-refractivity contribution is 0.244. The first kappa shape index (κ1) is 9.00. The van der Waals surface area contributed by atoms with Crippen LogP contribution in [0.1, 0.15) is 25.7 Å². The van der Waals surface area contributed by atoms with E-state index in [0.717, 1.165) is 23.8 Å². The number of fused-ring (bicyclic) bond motifs is 1. The van der Waals surface area contributed by atoms with E-state index in [4.69, 9.17) is 0 Å². The van der Waals surface area contributed by atoms with Crippen LogP contribution in [0, 0.1) is 17.8 Å². The van der Waals surface area contributed by atoms with E-state index in [1.165, 1.54) is 58.4 Å². The molecule has 2 heteroatoms. The Kier molecular flexibility index (Phi) is 1.92. The van der Waals surface area contributed by atoms with Crippen LogP contribution in [0.4, 0.5) is 0 Å². The van der Waals surface area contributed by atoms with Gasteiger partial charge in [0, 0.05) is 38.8 Å². The van der Waals surface area contributed by atoms with Gasteiger partial charge < -0.3 is 4.90 Å². The van der Waals surface area contributed by atoms with Gasteiger partial charge in [0.05, 0.1) is 0 Å². The maximum absolute atomic E-state index is 2.78. The van der Waals surface area contributed by atoms with E-state index in [-0.39, 0.29) is 0 Å². The Morgan fingerprint density at radius 1 is 0.800 bits per heavy atom. The van der Waals surface area contributed by atoms with E-state index >= 15 is 0 Å². The molecule has 4 fully saturated rings. The molecule has 2 nitrogen and oxygen atoms in total. The summed E-state index contributed by atoms with van der Waals surface area (Å²) in [5.74, 6) is 3.15. The first-order valence-electron chi connectivity index (χ1n) is 6.85. The summed E-state index contributed by atoms with van der Waals surface area (Å²) < 4.78 is 0. The van der Waals surface area contributed by atoms with Crippen LogP contribution in [-0.4, -0.2) is 48.6 Å². The van der Waals surface area contributed by atoms with Gasteiger partial charge in [0.25, 0.3) is 0 Å². The van der Waals surface area contributed by atoms with E-state index in [0.29, 0.717) is 0 Å². The zero-order valence-corrected chi connectivity index (χ0v) is 9.57. The summed E-state index contributed by atoms with van der Waals surface area (Å²) in [6.07, 6.45) is 6.01. The lowest BCUT2D eigenvalue weighted by Gasteiger charge is -2.20. The van der Waals surface area contributed by atoms with E-state index in [1.807, 2.05) is 0 Å². The maximum Gasteiger partial charge on any atom is 0.00966 e. The van der Waals surface area contributed by atoms with Crippen molar-refractivity contribution in [2.45, 2.75) is 31.7 Å². The average Bonchev–Trinajstić information content (AvgIpc) is 3.06. The molecule has 2 unspecified atom stereocenters. The van der Waals surface area contributed by atoms with Crippen LogP contribution in [0.5, 0.6) is 0 Å². The first-order valence-corrected chi connectivity index (χ1v) is 6.85. The maximum atomic E-state index is 2.78. The van der Waals surface area contributed by atoms with Gasteiger partial charge in [-0.3, -0.25) is 4.90 Å². The fourth-order valence-electron chi connectivity index (χ4n) is 3.68. The predicted molar refractivity (Wildman–Crippen MR) is 60.7 cm³/mol. The molecule has 0 bridgehead atoms. The second-order valence-electron chi connectivity index (χ2n) is 6.37. The molecule has 2 saturated carbocycles. The molecule has 15 heavy (non-hydrogen) atoms. The molecule has 84 valence electrons. The number of likely N-dealkylation sites (tertiary alicyclic amines) is 2. The minimum absolute atomic E-state index is 1.01. The van der Waals surface area contributed by atoms with Crippen molar-refractivity contribution in [3.05, 3.63) is 0 Å². The lowest BCUT2D eigenvalue weighted by atomic mass is 10.0. The van der Waals surface area contributed by atoms with Crippen LogP contribution in [0.2, 0.25) is 0 Å². The predicted octanol–water partition coefficient (Wildman–Crippen LogP) is 1.42. The van der Waals surface area contributed by atoms with Crippen molar-refractivity contribution in [3.8, 4) is 0 Å². The third-order valence-corrected chi connectivity index (χ3v) is 4.87. The minimum Gasteiger partial charge on any atom is -0.302 e. The molecule has 0 aromatic rings. The lowest BCUT2D eigenvalue weighted by Crippen LogP contribution is -2.31. The number of rotatable bonds is 3. The Morgan fingerprint density at radius 3 is 2.00 bits per heavy atom. The molecule has 2 heterocycles. The number of hydrogen-bond acceptors (Lipinski definition) is 2. The smallest absolute Gasteiger partial charge is 0.00966 e. The standard InChI is InChI=1S/C13H22N2/c1-2-10(1)5-14-6-11-8-15(13-3-4-13)9-12(11)7-14/h10-13H,1-9H2. The van der Waals surface area contributed by atoms with Gasteiger partial charge in [-0.1, -0.05) is 0 Å². The monoisotopic (exact) mass is 206 g/mol. The second kappa shape index (κ2) is 3.21. The molecule has 4 aliphatic rings. The first-order chi connectivity index (χ1) is 7.38. The Morgan fingerprint density at radius 2 is 1.47 bits per heavy atom. The Balaban J connectivity index is 1.34. The highest BCUT2D eigenvalue weighted by Crippen LogP contribution is 2.39. The van der Waals surface area contributed by atoms with E-state index in [1.54, 1.807) is 0 Å². The molecule has 2 atom stereocenters. The third kappa shape index (κ3) is 1.72. The van der Waals surface area contributed by atoms with Crippen LogP contribution in [0.25, 0.3) is 0 Å². The van der Waals surface area contributed by atoms with Gasteiger partial charge in [-0.05, 0) is 43.4 Å². The fourth-order valence-corrected chi connectivity index (χ4v) is 3.68. The molecule has 0 aromatic heterocycles. The van der Waals surface area contributed by atoms with Gasteiger partial charge in [0.1, 0.15) is 0 Å². The Hall–Kier alpha value is -0.0800. The fraction of sp³-hybridized carbons (Fsp3) is 1.00. The Labute approximate surface area is 92.6 Å². The van der Waals surface area contributed by atoms with Gasteiger partial charge in [-0.15, -0.1) is 0 Å². The van der Waals surface area contributed by atoms with Crippen molar-refractivity contribution < 1.29 is 0 Å². The van der Waals surface area contributed by atoms with E-state index in [9.17, 15) is 0 Å².